The third-order valence-corrected chi connectivity index (χ3v) is 6.23. The Kier molecular flexibility index (Phi) is 9.13. The van der Waals surface area contributed by atoms with Gasteiger partial charge in [0.2, 0.25) is 5.91 Å². The van der Waals surface area contributed by atoms with Gasteiger partial charge in [0, 0.05) is 17.0 Å². The number of thiophene rings is 1. The minimum Gasteiger partial charge on any atom is -0.494 e. The first kappa shape index (κ1) is 23.8. The molecule has 0 fully saturated rings. The van der Waals surface area contributed by atoms with Crippen LogP contribution in [0.3, 0.4) is 0 Å². The van der Waals surface area contributed by atoms with Gasteiger partial charge in [0.25, 0.3) is 0 Å². The number of benzene rings is 2. The van der Waals surface area contributed by atoms with E-state index in [0.29, 0.717) is 18.7 Å². The van der Waals surface area contributed by atoms with Crippen LogP contribution in [-0.2, 0) is 17.6 Å². The van der Waals surface area contributed by atoms with Gasteiger partial charge in [0.1, 0.15) is 5.75 Å². The summed E-state index contributed by atoms with van der Waals surface area (Å²) in [5.74, 6) is -0.489. The van der Waals surface area contributed by atoms with Crippen molar-refractivity contribution < 1.29 is 19.4 Å². The Balaban J connectivity index is 1.35. The number of carbonyl (C=O) groups is 2. The summed E-state index contributed by atoms with van der Waals surface area (Å²) in [5.41, 5.74) is 1.41. The number of carboxylic acids is 1. The van der Waals surface area contributed by atoms with E-state index in [-0.39, 0.29) is 22.9 Å². The second-order valence-corrected chi connectivity index (χ2v) is 8.87. The van der Waals surface area contributed by atoms with Crippen LogP contribution in [0.25, 0.3) is 0 Å². The van der Waals surface area contributed by atoms with Crippen molar-refractivity contribution in [2.45, 2.75) is 38.5 Å². The second kappa shape index (κ2) is 12.3. The van der Waals surface area contributed by atoms with Crippen molar-refractivity contribution in [3.05, 3.63) is 81.0 Å². The summed E-state index contributed by atoms with van der Waals surface area (Å²) in [5, 5.41) is 14.1. The van der Waals surface area contributed by atoms with E-state index in [1.807, 2.05) is 35.6 Å². The first-order valence-electron chi connectivity index (χ1n) is 10.6. The molecule has 3 rings (SSSR count). The van der Waals surface area contributed by atoms with Gasteiger partial charge in [0.15, 0.2) is 0 Å². The number of unbranched alkanes of at least 4 members (excludes halogenated alkanes) is 2. The van der Waals surface area contributed by atoms with Crippen molar-refractivity contribution in [3.63, 3.8) is 0 Å². The maximum Gasteiger partial charge on any atom is 0.337 e. The normalized spacial score (nSPS) is 10.7. The number of amides is 1. The molecule has 0 saturated carbocycles. The molecule has 0 saturated heterocycles. The fourth-order valence-electron chi connectivity index (χ4n) is 3.22. The molecule has 168 valence electrons. The highest BCUT2D eigenvalue weighted by Crippen LogP contribution is 2.21. The Morgan fingerprint density at radius 2 is 1.81 bits per heavy atom. The lowest BCUT2D eigenvalue weighted by atomic mass is 10.1. The largest absolute Gasteiger partial charge is 0.494 e. The van der Waals surface area contributed by atoms with Crippen molar-refractivity contribution in [2.24, 2.45) is 0 Å². The van der Waals surface area contributed by atoms with Crippen molar-refractivity contribution >= 4 is 40.5 Å². The third kappa shape index (κ3) is 7.70. The quantitative estimate of drug-likeness (QED) is 0.297. The van der Waals surface area contributed by atoms with Crippen LogP contribution in [0.4, 0.5) is 5.69 Å². The van der Waals surface area contributed by atoms with Gasteiger partial charge in [-0.1, -0.05) is 29.8 Å². The van der Waals surface area contributed by atoms with Gasteiger partial charge >= 0.3 is 5.97 Å². The van der Waals surface area contributed by atoms with E-state index in [4.69, 9.17) is 21.4 Å². The summed E-state index contributed by atoms with van der Waals surface area (Å²) in [6.07, 6.45) is 5.36. The summed E-state index contributed by atoms with van der Waals surface area (Å²) in [6.45, 7) is 0.700. The lowest BCUT2D eigenvalue weighted by Crippen LogP contribution is -2.13. The van der Waals surface area contributed by atoms with E-state index >= 15 is 0 Å². The minimum absolute atomic E-state index is 0.0393. The van der Waals surface area contributed by atoms with Gasteiger partial charge in [-0.15, -0.1) is 11.3 Å². The van der Waals surface area contributed by atoms with Crippen LogP contribution in [0.15, 0.2) is 60.0 Å². The SMILES string of the molecule is O=C(CCc1ccc(OCCCCCc2cccs2)cc1)Nc1ccc(Cl)c(C(=O)O)c1. The van der Waals surface area contributed by atoms with Crippen LogP contribution in [0.1, 0.15) is 46.5 Å². The highest BCUT2D eigenvalue weighted by molar-refractivity contribution is 7.09. The van der Waals surface area contributed by atoms with Crippen LogP contribution in [0, 0.1) is 0 Å². The second-order valence-electron chi connectivity index (χ2n) is 7.43. The molecule has 0 radical (unpaired) electrons. The Morgan fingerprint density at radius 3 is 2.53 bits per heavy atom. The first-order chi connectivity index (χ1) is 15.5. The molecule has 2 aromatic carbocycles. The molecule has 1 amide bonds. The molecular formula is C25H26ClNO4S. The van der Waals surface area contributed by atoms with Gasteiger partial charge in [-0.2, -0.15) is 0 Å². The van der Waals surface area contributed by atoms with Crippen LogP contribution in [0.5, 0.6) is 5.75 Å². The lowest BCUT2D eigenvalue weighted by Gasteiger charge is -2.09. The highest BCUT2D eigenvalue weighted by Gasteiger charge is 2.11. The van der Waals surface area contributed by atoms with Crippen molar-refractivity contribution in [1.82, 2.24) is 0 Å². The van der Waals surface area contributed by atoms with Crippen LogP contribution >= 0.6 is 22.9 Å². The van der Waals surface area contributed by atoms with Gasteiger partial charge in [-0.05, 0) is 79.4 Å². The molecule has 1 heterocycles. The predicted molar refractivity (Wildman–Crippen MR) is 129 cm³/mol. The van der Waals surface area contributed by atoms with Crippen molar-refractivity contribution in [2.75, 3.05) is 11.9 Å². The van der Waals surface area contributed by atoms with Crippen LogP contribution in [-0.4, -0.2) is 23.6 Å². The van der Waals surface area contributed by atoms with E-state index in [0.717, 1.165) is 30.6 Å². The zero-order chi connectivity index (χ0) is 22.8. The number of rotatable bonds is 12. The van der Waals surface area contributed by atoms with E-state index in [1.165, 1.54) is 23.4 Å². The van der Waals surface area contributed by atoms with E-state index in [2.05, 4.69) is 22.8 Å². The van der Waals surface area contributed by atoms with Gasteiger partial charge < -0.3 is 15.2 Å². The average molecular weight is 472 g/mol. The standard InChI is InChI=1S/C25H26ClNO4S/c26-23-13-10-19(17-22(23)25(29)30)27-24(28)14-9-18-7-11-20(12-8-18)31-15-3-1-2-5-21-6-4-16-32-21/h4,6-8,10-13,16-17H,1-3,5,9,14-15H2,(H,27,28)(H,29,30). The number of carbonyl (C=O) groups excluding carboxylic acids is 1. The number of aromatic carboxylic acids is 1. The minimum atomic E-state index is -1.13. The summed E-state index contributed by atoms with van der Waals surface area (Å²) < 4.78 is 5.81. The summed E-state index contributed by atoms with van der Waals surface area (Å²) >= 11 is 7.66. The molecule has 0 aliphatic rings. The fourth-order valence-corrected chi connectivity index (χ4v) is 4.17. The number of hydrogen-bond donors (Lipinski definition) is 2. The maximum absolute atomic E-state index is 12.2. The van der Waals surface area contributed by atoms with E-state index in [9.17, 15) is 9.59 Å². The smallest absolute Gasteiger partial charge is 0.337 e. The highest BCUT2D eigenvalue weighted by atomic mass is 35.5. The molecule has 0 aliphatic carbocycles. The molecule has 0 spiro atoms. The van der Waals surface area contributed by atoms with E-state index < -0.39 is 5.97 Å². The third-order valence-electron chi connectivity index (χ3n) is 4.96. The predicted octanol–water partition coefficient (Wildman–Crippen LogP) is 6.46. The summed E-state index contributed by atoms with van der Waals surface area (Å²) in [4.78, 5) is 24.8. The van der Waals surface area contributed by atoms with Crippen molar-refractivity contribution in [1.29, 1.82) is 0 Å². The Morgan fingerprint density at radius 1 is 1.00 bits per heavy atom. The molecular weight excluding hydrogens is 446 g/mol. The topological polar surface area (TPSA) is 75.6 Å². The number of ether oxygens (including phenoxy) is 1. The van der Waals surface area contributed by atoms with Crippen LogP contribution in [0.2, 0.25) is 5.02 Å². The number of hydrogen-bond acceptors (Lipinski definition) is 4. The molecule has 0 unspecified atom stereocenters. The molecule has 0 bridgehead atoms. The Hall–Kier alpha value is -2.83. The van der Waals surface area contributed by atoms with Gasteiger partial charge in [0.05, 0.1) is 17.2 Å². The van der Waals surface area contributed by atoms with Gasteiger partial charge in [-0.3, -0.25) is 4.79 Å². The van der Waals surface area contributed by atoms with Crippen molar-refractivity contribution in [3.8, 4) is 5.75 Å². The zero-order valence-corrected chi connectivity index (χ0v) is 19.3. The first-order valence-corrected chi connectivity index (χ1v) is 11.8. The molecule has 0 atom stereocenters. The molecule has 3 aromatic rings. The lowest BCUT2D eigenvalue weighted by molar-refractivity contribution is -0.116. The molecule has 0 aliphatic heterocycles. The number of anilines is 1. The average Bonchev–Trinajstić information content (AvgIpc) is 3.30. The molecule has 2 N–H and O–H groups in total. The summed E-state index contributed by atoms with van der Waals surface area (Å²) in [6, 6.07) is 16.5. The molecule has 5 nitrogen and oxygen atoms in total. The van der Waals surface area contributed by atoms with Gasteiger partial charge in [-0.25, -0.2) is 4.79 Å². The molecule has 32 heavy (non-hydrogen) atoms. The number of halogens is 1. The monoisotopic (exact) mass is 471 g/mol. The molecule has 7 heteroatoms. The summed E-state index contributed by atoms with van der Waals surface area (Å²) in [7, 11) is 0. The Bertz CT molecular complexity index is 1020. The Labute approximate surface area is 197 Å². The molecule has 1 aromatic heterocycles. The number of aryl methyl sites for hydroxylation is 2. The van der Waals surface area contributed by atoms with E-state index in [1.54, 1.807) is 6.07 Å². The van der Waals surface area contributed by atoms with Crippen LogP contribution < -0.4 is 10.1 Å². The number of nitrogens with one attached hydrogen (secondary N) is 1. The fraction of sp³-hybridized carbons (Fsp3) is 0.280. The number of carboxylic acid groups (broad SMARTS) is 1. The zero-order valence-electron chi connectivity index (χ0n) is 17.7. The maximum atomic E-state index is 12.2.